The van der Waals surface area contributed by atoms with Crippen LogP contribution in [0.1, 0.15) is 48.0 Å². The first-order chi connectivity index (χ1) is 9.92. The van der Waals surface area contributed by atoms with Crippen LogP contribution in [0.3, 0.4) is 0 Å². The Morgan fingerprint density at radius 3 is 2.23 bits per heavy atom. The Morgan fingerprint density at radius 2 is 1.82 bits per heavy atom. The zero-order valence-electron chi connectivity index (χ0n) is 15.4. The lowest BCUT2D eigenvalue weighted by Crippen LogP contribution is -2.46. The van der Waals surface area contributed by atoms with E-state index in [0.29, 0.717) is 12.3 Å². The van der Waals surface area contributed by atoms with E-state index < -0.39 is 8.32 Å². The highest BCUT2D eigenvalue weighted by Crippen LogP contribution is 2.38. The summed E-state index contributed by atoms with van der Waals surface area (Å²) in [4.78, 5) is 23.1. The highest BCUT2D eigenvalue weighted by atomic mass is 32.2. The molecule has 0 fully saturated rings. The van der Waals surface area contributed by atoms with Gasteiger partial charge in [-0.2, -0.15) is 0 Å². The molecular weight excluding hydrogens is 316 g/mol. The van der Waals surface area contributed by atoms with Crippen LogP contribution in [0.2, 0.25) is 18.1 Å². The third-order valence-corrected chi connectivity index (χ3v) is 9.87. The number of nitrogens with one attached hydrogen (secondary N) is 1. The summed E-state index contributed by atoms with van der Waals surface area (Å²) in [6, 6.07) is 0. The zero-order valence-corrected chi connectivity index (χ0v) is 17.2. The zero-order chi connectivity index (χ0) is 17.6. The summed E-state index contributed by atoms with van der Waals surface area (Å²) in [7, 11) is -1.87. The molecule has 0 aromatic rings. The fraction of sp³-hybridized carbons (Fsp3) is 0.875. The predicted octanol–water partition coefficient (Wildman–Crippen LogP) is 3.82. The maximum absolute atomic E-state index is 12.3. The molecule has 1 amide bonds. The van der Waals surface area contributed by atoms with Crippen molar-refractivity contribution in [3.8, 4) is 0 Å². The third-order valence-electron chi connectivity index (χ3n) is 4.30. The van der Waals surface area contributed by atoms with Gasteiger partial charge in [0, 0.05) is 19.2 Å². The number of carbonyl (C=O) groups is 2. The van der Waals surface area contributed by atoms with E-state index in [2.05, 4.69) is 46.1 Å². The summed E-state index contributed by atoms with van der Waals surface area (Å²) < 4.78 is 6.41. The molecule has 22 heavy (non-hydrogen) atoms. The van der Waals surface area contributed by atoms with E-state index in [-0.39, 0.29) is 28.1 Å². The molecule has 0 aliphatic heterocycles. The molecule has 0 spiro atoms. The second-order valence-corrected chi connectivity index (χ2v) is 13.1. The molecule has 0 saturated heterocycles. The van der Waals surface area contributed by atoms with Gasteiger partial charge in [-0.1, -0.05) is 46.4 Å². The minimum atomic E-state index is -1.87. The molecule has 6 heteroatoms. The Hall–Kier alpha value is -0.333. The summed E-state index contributed by atoms with van der Waals surface area (Å²) in [6.45, 7) is 17.1. The van der Waals surface area contributed by atoms with Gasteiger partial charge in [-0.15, -0.1) is 0 Å². The Morgan fingerprint density at radius 1 is 1.27 bits per heavy atom. The van der Waals surface area contributed by atoms with Gasteiger partial charge < -0.3 is 9.74 Å². The number of carbonyl (C=O) groups excluding carboxylic acids is 2. The first-order valence-corrected chi connectivity index (χ1v) is 11.9. The summed E-state index contributed by atoms with van der Waals surface area (Å²) >= 11 is 1.29. The molecular formula is C16H33NO3SSi. The smallest absolute Gasteiger partial charge is 0.216 e. The number of rotatable bonds is 8. The van der Waals surface area contributed by atoms with Gasteiger partial charge in [0.15, 0.2) is 13.4 Å². The van der Waals surface area contributed by atoms with E-state index in [1.165, 1.54) is 18.7 Å². The first kappa shape index (κ1) is 21.7. The van der Waals surface area contributed by atoms with E-state index in [4.69, 9.17) is 4.43 Å². The lowest BCUT2D eigenvalue weighted by Gasteiger charge is -2.40. The van der Waals surface area contributed by atoms with Gasteiger partial charge in [-0.05, 0) is 24.6 Å². The second kappa shape index (κ2) is 9.08. The highest BCUT2D eigenvalue weighted by molar-refractivity contribution is 8.13. The maximum Gasteiger partial charge on any atom is 0.216 e. The van der Waals surface area contributed by atoms with Crippen LogP contribution in [0, 0.1) is 5.92 Å². The lowest BCUT2D eigenvalue weighted by atomic mass is 10.2. The van der Waals surface area contributed by atoms with Crippen molar-refractivity contribution < 1.29 is 14.0 Å². The third kappa shape index (κ3) is 7.29. The number of hydrogen-bond donors (Lipinski definition) is 1. The molecule has 0 aliphatic carbocycles. The average Bonchev–Trinajstić information content (AvgIpc) is 2.38. The van der Waals surface area contributed by atoms with Crippen molar-refractivity contribution >= 4 is 31.1 Å². The van der Waals surface area contributed by atoms with Crippen LogP contribution in [-0.4, -0.2) is 37.7 Å². The van der Waals surface area contributed by atoms with Gasteiger partial charge in [-0.3, -0.25) is 9.59 Å². The van der Waals surface area contributed by atoms with Crippen molar-refractivity contribution in [1.29, 1.82) is 0 Å². The van der Waals surface area contributed by atoms with E-state index in [1.54, 1.807) is 0 Å². The molecule has 0 unspecified atom stereocenters. The maximum atomic E-state index is 12.3. The standard InChI is InChI=1S/C16H33NO3SSi/c1-9-14(20-22(7,8)16(4,5)6)12(2)15(19)21-11-10-17-13(3)18/h12,14H,9-11H2,1-8H3,(H,17,18)/t12-,14+/m0/s1/i12+1,14+1. The topological polar surface area (TPSA) is 55.4 Å². The van der Waals surface area contributed by atoms with Crippen LogP contribution in [0.15, 0.2) is 0 Å². The molecule has 0 aromatic carbocycles. The van der Waals surface area contributed by atoms with Crippen molar-refractivity contribution in [2.24, 2.45) is 5.92 Å². The molecule has 0 rings (SSSR count). The van der Waals surface area contributed by atoms with Crippen LogP contribution in [0.25, 0.3) is 0 Å². The second-order valence-electron chi connectivity index (χ2n) is 7.26. The summed E-state index contributed by atoms with van der Waals surface area (Å²) in [5.41, 5.74) is 0. The Balaban J connectivity index is 4.55. The number of amides is 1. The van der Waals surface area contributed by atoms with E-state index in [0.717, 1.165) is 6.42 Å². The molecule has 0 aliphatic rings. The van der Waals surface area contributed by atoms with Gasteiger partial charge in [0.2, 0.25) is 5.91 Å². The summed E-state index contributed by atoms with van der Waals surface area (Å²) in [6.07, 6.45) is 0.813. The Labute approximate surface area is 141 Å². The van der Waals surface area contributed by atoms with Crippen molar-refractivity contribution in [3.63, 3.8) is 0 Å². The monoisotopic (exact) mass is 349 g/mol. The van der Waals surface area contributed by atoms with E-state index in [1.807, 2.05) is 6.92 Å². The molecule has 0 radical (unpaired) electrons. The van der Waals surface area contributed by atoms with Gasteiger partial charge in [-0.25, -0.2) is 0 Å². The molecule has 0 aromatic heterocycles. The fourth-order valence-electron chi connectivity index (χ4n) is 1.76. The predicted molar refractivity (Wildman–Crippen MR) is 97.7 cm³/mol. The van der Waals surface area contributed by atoms with Crippen molar-refractivity contribution in [2.75, 3.05) is 12.3 Å². The van der Waals surface area contributed by atoms with Crippen LogP contribution < -0.4 is 5.32 Å². The van der Waals surface area contributed by atoms with Gasteiger partial charge in [0.05, 0.1) is 12.0 Å². The number of thioether (sulfide) groups is 1. The Kier molecular flexibility index (Phi) is 8.94. The molecule has 0 saturated carbocycles. The molecule has 4 nitrogen and oxygen atoms in total. The summed E-state index contributed by atoms with van der Waals surface area (Å²) in [5, 5.41) is 2.99. The average molecular weight is 350 g/mol. The van der Waals surface area contributed by atoms with E-state index >= 15 is 0 Å². The van der Waals surface area contributed by atoms with Gasteiger partial charge in [0.1, 0.15) is 0 Å². The minimum absolute atomic E-state index is 0.0262. The van der Waals surface area contributed by atoms with E-state index in [9.17, 15) is 9.59 Å². The molecule has 1 N–H and O–H groups in total. The van der Waals surface area contributed by atoms with Crippen LogP contribution in [0.5, 0.6) is 0 Å². The lowest BCUT2D eigenvalue weighted by molar-refractivity contribution is -0.119. The largest absolute Gasteiger partial charge is 0.413 e. The quantitative estimate of drug-likeness (QED) is 0.411. The molecule has 2 atom stereocenters. The molecule has 0 bridgehead atoms. The first-order valence-electron chi connectivity index (χ1n) is 8.01. The van der Waals surface area contributed by atoms with Crippen molar-refractivity contribution in [2.45, 2.75) is 72.2 Å². The van der Waals surface area contributed by atoms with Crippen LogP contribution in [-0.2, 0) is 14.0 Å². The van der Waals surface area contributed by atoms with Crippen molar-refractivity contribution in [3.05, 3.63) is 0 Å². The Bertz CT molecular complexity index is 380. The fourth-order valence-corrected chi connectivity index (χ4v) is 4.06. The SMILES string of the molecule is CC[13C@@H](O[Si](C)(C)C(C)(C)C)[13C@H](C)C(=O)SCCNC(C)=O. The highest BCUT2D eigenvalue weighted by Gasteiger charge is 2.40. The number of hydrogen-bond acceptors (Lipinski definition) is 4. The minimum Gasteiger partial charge on any atom is -0.413 e. The van der Waals surface area contributed by atoms with Gasteiger partial charge in [0.25, 0.3) is 0 Å². The van der Waals surface area contributed by atoms with Crippen molar-refractivity contribution in [1.82, 2.24) is 5.32 Å². The van der Waals surface area contributed by atoms with Crippen LogP contribution in [0.4, 0.5) is 0 Å². The van der Waals surface area contributed by atoms with Gasteiger partial charge >= 0.3 is 0 Å². The summed E-state index contributed by atoms with van der Waals surface area (Å²) in [5.74, 6) is 0.425. The van der Waals surface area contributed by atoms with Crippen LogP contribution >= 0.6 is 11.8 Å². The molecule has 130 valence electrons. The normalized spacial score (nSPS) is 15.3. The molecule has 0 heterocycles.